The van der Waals surface area contributed by atoms with Gasteiger partial charge in [0.05, 0.1) is 16.7 Å². The summed E-state index contributed by atoms with van der Waals surface area (Å²) in [6.07, 6.45) is 0. The molecule has 1 aromatic heterocycles. The number of hydrogen-bond acceptors (Lipinski definition) is 3. The predicted octanol–water partition coefficient (Wildman–Crippen LogP) is 3.60. The Morgan fingerprint density at radius 1 is 1.39 bits per heavy atom. The van der Waals surface area contributed by atoms with E-state index in [9.17, 15) is 4.39 Å². The lowest BCUT2D eigenvalue weighted by molar-refractivity contribution is 0.552. The summed E-state index contributed by atoms with van der Waals surface area (Å²) in [6, 6.07) is 5.03. The fraction of sp³-hybridized carbons (Fsp3) is 0.357. The molecule has 18 heavy (non-hydrogen) atoms. The molecule has 96 valence electrons. The number of nitrogens with one attached hydrogen (secondary N) is 1. The van der Waals surface area contributed by atoms with Crippen LogP contribution in [-0.4, -0.2) is 11.5 Å². The Bertz CT molecular complexity index is 536. The first-order valence-corrected chi connectivity index (χ1v) is 6.91. The van der Waals surface area contributed by atoms with Crippen molar-refractivity contribution in [2.75, 3.05) is 6.54 Å². The van der Waals surface area contributed by atoms with Crippen LogP contribution in [0.4, 0.5) is 4.39 Å². The first kappa shape index (κ1) is 13.2. The van der Waals surface area contributed by atoms with Crippen molar-refractivity contribution in [3.8, 4) is 0 Å². The highest BCUT2D eigenvalue weighted by Crippen LogP contribution is 2.26. The number of aromatic nitrogens is 1. The maximum Gasteiger partial charge on any atom is 0.128 e. The molecule has 0 saturated heterocycles. The van der Waals surface area contributed by atoms with E-state index in [0.717, 1.165) is 22.8 Å². The summed E-state index contributed by atoms with van der Waals surface area (Å²) in [5.74, 6) is -0.183. The van der Waals surface area contributed by atoms with Gasteiger partial charge in [-0.25, -0.2) is 9.37 Å². The number of nitrogens with zero attached hydrogens (tertiary/aromatic N) is 1. The van der Waals surface area contributed by atoms with E-state index < -0.39 is 0 Å². The number of halogens is 1. The molecule has 0 aliphatic rings. The van der Waals surface area contributed by atoms with Crippen LogP contribution in [0.15, 0.2) is 23.6 Å². The first-order valence-electron chi connectivity index (χ1n) is 6.03. The van der Waals surface area contributed by atoms with Gasteiger partial charge in [0.25, 0.3) is 0 Å². The van der Waals surface area contributed by atoms with Gasteiger partial charge in [-0.1, -0.05) is 24.6 Å². The zero-order chi connectivity index (χ0) is 13.1. The summed E-state index contributed by atoms with van der Waals surface area (Å²) in [7, 11) is 0. The Balaban J connectivity index is 2.44. The number of hydrogen-bond donors (Lipinski definition) is 1. The summed E-state index contributed by atoms with van der Waals surface area (Å²) in [5, 5.41) is 6.29. The van der Waals surface area contributed by atoms with Crippen molar-refractivity contribution in [2.24, 2.45) is 0 Å². The van der Waals surface area contributed by atoms with Crippen LogP contribution in [0.5, 0.6) is 0 Å². The molecular formula is C14H17FN2S. The Morgan fingerprint density at radius 3 is 2.78 bits per heavy atom. The molecule has 1 aromatic carbocycles. The summed E-state index contributed by atoms with van der Waals surface area (Å²) in [6.45, 7) is 6.72. The van der Waals surface area contributed by atoms with Crippen molar-refractivity contribution in [2.45, 2.75) is 26.8 Å². The van der Waals surface area contributed by atoms with Crippen molar-refractivity contribution in [3.05, 3.63) is 51.2 Å². The van der Waals surface area contributed by atoms with Gasteiger partial charge < -0.3 is 5.32 Å². The lowest BCUT2D eigenvalue weighted by Gasteiger charge is -2.17. The summed E-state index contributed by atoms with van der Waals surface area (Å²) in [5.41, 5.74) is 2.62. The van der Waals surface area contributed by atoms with E-state index in [1.807, 2.05) is 32.2 Å². The second kappa shape index (κ2) is 5.59. The van der Waals surface area contributed by atoms with Gasteiger partial charge in [0, 0.05) is 10.9 Å². The molecule has 0 bridgehead atoms. The molecule has 0 aliphatic carbocycles. The van der Waals surface area contributed by atoms with Crippen LogP contribution in [0.25, 0.3) is 0 Å². The van der Waals surface area contributed by atoms with Crippen molar-refractivity contribution in [3.63, 3.8) is 0 Å². The molecule has 0 fully saturated rings. The average Bonchev–Trinajstić information content (AvgIpc) is 2.76. The van der Waals surface area contributed by atoms with Gasteiger partial charge in [-0.05, 0) is 26.5 Å². The number of rotatable bonds is 4. The van der Waals surface area contributed by atoms with Crippen LogP contribution in [0.2, 0.25) is 0 Å². The Kier molecular flexibility index (Phi) is 4.09. The summed E-state index contributed by atoms with van der Waals surface area (Å²) >= 11 is 1.59. The van der Waals surface area contributed by atoms with Crippen LogP contribution in [0, 0.1) is 19.7 Å². The summed E-state index contributed by atoms with van der Waals surface area (Å²) < 4.78 is 14.0. The second-order valence-electron chi connectivity index (χ2n) is 4.31. The van der Waals surface area contributed by atoms with Gasteiger partial charge in [0.2, 0.25) is 0 Å². The van der Waals surface area contributed by atoms with Crippen LogP contribution < -0.4 is 5.32 Å². The lowest BCUT2D eigenvalue weighted by Crippen LogP contribution is -2.23. The smallest absolute Gasteiger partial charge is 0.128 e. The molecule has 2 nitrogen and oxygen atoms in total. The predicted molar refractivity (Wildman–Crippen MR) is 73.5 cm³/mol. The van der Waals surface area contributed by atoms with E-state index in [-0.39, 0.29) is 11.9 Å². The number of aryl methyl sites for hydroxylation is 2. The fourth-order valence-corrected chi connectivity index (χ4v) is 2.61. The van der Waals surface area contributed by atoms with Gasteiger partial charge in [0.15, 0.2) is 0 Å². The highest BCUT2D eigenvalue weighted by Gasteiger charge is 2.19. The molecule has 0 spiro atoms. The Morgan fingerprint density at radius 2 is 2.17 bits per heavy atom. The van der Waals surface area contributed by atoms with Gasteiger partial charge in [0.1, 0.15) is 5.82 Å². The monoisotopic (exact) mass is 264 g/mol. The molecule has 1 heterocycles. The molecule has 0 saturated carbocycles. The highest BCUT2D eigenvalue weighted by molar-refractivity contribution is 7.09. The van der Waals surface area contributed by atoms with Crippen LogP contribution in [0.3, 0.4) is 0 Å². The molecule has 1 atom stereocenters. The minimum Gasteiger partial charge on any atom is -0.305 e. The standard InChI is InChI=1S/C14H17FN2S/c1-4-16-14(13-8-18-10(3)17-13)11-7-9(2)5-6-12(11)15/h5-8,14,16H,4H2,1-3H3. The van der Waals surface area contributed by atoms with E-state index in [0.29, 0.717) is 5.56 Å². The SMILES string of the molecule is CCNC(c1csc(C)n1)c1cc(C)ccc1F. The van der Waals surface area contributed by atoms with E-state index >= 15 is 0 Å². The molecule has 2 aromatic rings. The Hall–Kier alpha value is -1.26. The molecule has 0 radical (unpaired) electrons. The lowest BCUT2D eigenvalue weighted by atomic mass is 10.0. The summed E-state index contributed by atoms with van der Waals surface area (Å²) in [4.78, 5) is 4.47. The van der Waals surface area contributed by atoms with Crippen molar-refractivity contribution < 1.29 is 4.39 Å². The quantitative estimate of drug-likeness (QED) is 0.912. The molecule has 4 heteroatoms. The van der Waals surface area contributed by atoms with Gasteiger partial charge >= 0.3 is 0 Å². The third-order valence-electron chi connectivity index (χ3n) is 2.80. The van der Waals surface area contributed by atoms with E-state index in [4.69, 9.17) is 0 Å². The van der Waals surface area contributed by atoms with Crippen LogP contribution >= 0.6 is 11.3 Å². The number of thiazole rings is 1. The zero-order valence-corrected chi connectivity index (χ0v) is 11.6. The average molecular weight is 264 g/mol. The maximum absolute atomic E-state index is 14.0. The molecular weight excluding hydrogens is 247 g/mol. The van der Waals surface area contributed by atoms with Gasteiger partial charge in [-0.3, -0.25) is 0 Å². The van der Waals surface area contributed by atoms with Gasteiger partial charge in [-0.2, -0.15) is 0 Å². The normalized spacial score (nSPS) is 12.7. The maximum atomic E-state index is 14.0. The van der Waals surface area contributed by atoms with Crippen LogP contribution in [-0.2, 0) is 0 Å². The molecule has 2 rings (SSSR count). The van der Waals surface area contributed by atoms with Gasteiger partial charge in [-0.15, -0.1) is 11.3 Å². The minimum absolute atomic E-state index is 0.167. The zero-order valence-electron chi connectivity index (χ0n) is 10.8. The minimum atomic E-state index is -0.183. The Labute approximate surface area is 111 Å². The molecule has 1 unspecified atom stereocenters. The molecule has 0 aliphatic heterocycles. The van der Waals surface area contributed by atoms with E-state index in [2.05, 4.69) is 10.3 Å². The van der Waals surface area contributed by atoms with Crippen molar-refractivity contribution in [1.82, 2.24) is 10.3 Å². The van der Waals surface area contributed by atoms with E-state index in [1.165, 1.54) is 6.07 Å². The third-order valence-corrected chi connectivity index (χ3v) is 3.60. The van der Waals surface area contributed by atoms with Crippen molar-refractivity contribution in [1.29, 1.82) is 0 Å². The molecule has 0 amide bonds. The van der Waals surface area contributed by atoms with Crippen LogP contribution in [0.1, 0.15) is 34.8 Å². The third kappa shape index (κ3) is 2.76. The fourth-order valence-electron chi connectivity index (χ4n) is 1.98. The number of benzene rings is 1. The van der Waals surface area contributed by atoms with E-state index in [1.54, 1.807) is 17.4 Å². The van der Waals surface area contributed by atoms with Crippen molar-refractivity contribution >= 4 is 11.3 Å². The topological polar surface area (TPSA) is 24.9 Å². The second-order valence-corrected chi connectivity index (χ2v) is 5.37. The first-order chi connectivity index (χ1) is 8.61. The largest absolute Gasteiger partial charge is 0.305 e. The highest BCUT2D eigenvalue weighted by atomic mass is 32.1. The molecule has 1 N–H and O–H groups in total.